The highest BCUT2D eigenvalue weighted by atomic mass is 35.5. The molecule has 1 aliphatic rings. The van der Waals surface area contributed by atoms with Crippen LogP contribution in [0, 0.1) is 0 Å². The predicted molar refractivity (Wildman–Crippen MR) is 97.0 cm³/mol. The topological polar surface area (TPSA) is 74.5 Å². The van der Waals surface area contributed by atoms with Gasteiger partial charge in [0.15, 0.2) is 6.10 Å². The Kier molecular flexibility index (Phi) is 4.48. The van der Waals surface area contributed by atoms with E-state index in [0.717, 1.165) is 10.4 Å². The van der Waals surface area contributed by atoms with E-state index in [9.17, 15) is 4.79 Å². The summed E-state index contributed by atoms with van der Waals surface area (Å²) < 4.78 is 16.6. The molecule has 1 aliphatic heterocycles. The number of fused-ring (bicyclic) bond motifs is 1. The van der Waals surface area contributed by atoms with Gasteiger partial charge in [-0.25, -0.2) is 4.79 Å². The molecule has 0 spiro atoms. The first kappa shape index (κ1) is 16.8. The Morgan fingerprint density at radius 3 is 3.04 bits per heavy atom. The van der Waals surface area contributed by atoms with Crippen LogP contribution in [0.15, 0.2) is 45.7 Å². The summed E-state index contributed by atoms with van der Waals surface area (Å²) in [7, 11) is 0. The molecule has 3 aromatic rings. The number of ether oxygens (including phenoxy) is 2. The highest BCUT2D eigenvalue weighted by molar-refractivity contribution is 7.13. The number of halogens is 1. The van der Waals surface area contributed by atoms with Gasteiger partial charge in [-0.2, -0.15) is 0 Å². The maximum atomic E-state index is 12.4. The van der Waals surface area contributed by atoms with Gasteiger partial charge in [0.1, 0.15) is 12.4 Å². The van der Waals surface area contributed by atoms with Crippen LogP contribution in [0.4, 0.5) is 0 Å². The summed E-state index contributed by atoms with van der Waals surface area (Å²) in [6.07, 6.45) is 1.04. The fourth-order valence-electron chi connectivity index (χ4n) is 2.45. The van der Waals surface area contributed by atoms with Crippen LogP contribution < -0.4 is 4.74 Å². The third-order valence-electron chi connectivity index (χ3n) is 3.75. The zero-order valence-electron chi connectivity index (χ0n) is 13.6. The number of benzene rings is 1. The Hall–Kier alpha value is -2.64. The molecule has 1 aromatic carbocycles. The fourth-order valence-corrected chi connectivity index (χ4v) is 3.28. The van der Waals surface area contributed by atoms with Gasteiger partial charge in [0.05, 0.1) is 10.5 Å². The lowest BCUT2D eigenvalue weighted by Crippen LogP contribution is -2.18. The minimum absolute atomic E-state index is 0.129. The van der Waals surface area contributed by atoms with Gasteiger partial charge < -0.3 is 13.9 Å². The maximum absolute atomic E-state index is 12.4. The Balaban J connectivity index is 1.48. The van der Waals surface area contributed by atoms with Gasteiger partial charge in [-0.3, -0.25) is 0 Å². The molecule has 0 amide bonds. The van der Waals surface area contributed by atoms with Crippen molar-refractivity contribution in [1.82, 2.24) is 10.2 Å². The highest BCUT2D eigenvalue weighted by Gasteiger charge is 2.24. The number of carbonyl (C=O) groups excluding carboxylic acids is 1. The molecule has 8 heteroatoms. The van der Waals surface area contributed by atoms with Crippen molar-refractivity contribution in [2.45, 2.75) is 13.0 Å². The van der Waals surface area contributed by atoms with Crippen LogP contribution in [0.5, 0.6) is 5.75 Å². The average Bonchev–Trinajstić information content (AvgIpc) is 3.32. The fraction of sp³-hybridized carbons (Fsp3) is 0.167. The molecule has 6 nitrogen and oxygen atoms in total. The minimum Gasteiger partial charge on any atom is -0.488 e. The molecule has 0 N–H and O–H groups in total. The maximum Gasteiger partial charge on any atom is 0.338 e. The van der Waals surface area contributed by atoms with Crippen LogP contribution in [-0.4, -0.2) is 22.8 Å². The number of esters is 1. The lowest BCUT2D eigenvalue weighted by molar-refractivity contribution is -0.145. The normalized spacial score (nSPS) is 14.2. The number of hydrogen-bond donors (Lipinski definition) is 0. The zero-order chi connectivity index (χ0) is 18.1. The lowest BCUT2D eigenvalue weighted by Gasteiger charge is -2.18. The smallest absolute Gasteiger partial charge is 0.338 e. The summed E-state index contributed by atoms with van der Waals surface area (Å²) in [4.78, 5) is 13.3. The summed E-state index contributed by atoms with van der Waals surface area (Å²) in [5, 5.41) is 10.4. The van der Waals surface area contributed by atoms with Crippen molar-refractivity contribution >= 4 is 35.0 Å². The van der Waals surface area contributed by atoms with Crippen molar-refractivity contribution in [3.05, 3.63) is 57.8 Å². The molecule has 0 fully saturated rings. The summed E-state index contributed by atoms with van der Waals surface area (Å²) in [5.41, 5.74) is 1.13. The van der Waals surface area contributed by atoms with Crippen LogP contribution in [0.2, 0.25) is 5.02 Å². The van der Waals surface area contributed by atoms with Crippen LogP contribution >= 0.6 is 22.9 Å². The van der Waals surface area contributed by atoms with Crippen molar-refractivity contribution < 1.29 is 18.7 Å². The van der Waals surface area contributed by atoms with Crippen molar-refractivity contribution in [2.24, 2.45) is 0 Å². The van der Waals surface area contributed by atoms with Gasteiger partial charge in [-0.05, 0) is 42.6 Å². The molecular weight excluding hydrogens is 376 g/mol. The van der Waals surface area contributed by atoms with Crippen LogP contribution in [0.25, 0.3) is 16.8 Å². The van der Waals surface area contributed by atoms with E-state index in [1.807, 2.05) is 17.5 Å². The molecule has 0 bridgehead atoms. The standard InChI is InChI=1S/C18H13ClN2O4S/c1-10(16-20-21-17(25-16)15-3-2-6-26-15)24-18(22)12-7-11-8-13(19)4-5-14(11)23-9-12/h2-8,10H,9H2,1H3. The Bertz CT molecular complexity index is 981. The first-order valence-electron chi connectivity index (χ1n) is 7.81. The third kappa shape index (κ3) is 3.36. The molecule has 1 unspecified atom stereocenters. The van der Waals surface area contributed by atoms with Crippen molar-refractivity contribution in [3.8, 4) is 16.5 Å². The van der Waals surface area contributed by atoms with E-state index >= 15 is 0 Å². The number of nitrogens with zero attached hydrogens (tertiary/aromatic N) is 2. The second-order valence-electron chi connectivity index (χ2n) is 5.61. The van der Waals surface area contributed by atoms with Gasteiger partial charge >= 0.3 is 5.97 Å². The van der Waals surface area contributed by atoms with Gasteiger partial charge in [0.2, 0.25) is 0 Å². The molecule has 26 heavy (non-hydrogen) atoms. The molecule has 1 atom stereocenters. The van der Waals surface area contributed by atoms with Crippen molar-refractivity contribution in [2.75, 3.05) is 6.61 Å². The van der Waals surface area contributed by atoms with E-state index in [1.165, 1.54) is 11.3 Å². The molecule has 0 saturated carbocycles. The second-order valence-corrected chi connectivity index (χ2v) is 6.99. The van der Waals surface area contributed by atoms with E-state index in [-0.39, 0.29) is 12.5 Å². The molecule has 0 aliphatic carbocycles. The van der Waals surface area contributed by atoms with Crippen molar-refractivity contribution in [1.29, 1.82) is 0 Å². The number of rotatable bonds is 4. The van der Waals surface area contributed by atoms with Gasteiger partial charge in [0, 0.05) is 10.6 Å². The predicted octanol–water partition coefficient (Wildman–Crippen LogP) is 4.53. The van der Waals surface area contributed by atoms with Gasteiger partial charge in [0.25, 0.3) is 11.8 Å². The highest BCUT2D eigenvalue weighted by Crippen LogP contribution is 2.30. The van der Waals surface area contributed by atoms with Gasteiger partial charge in [-0.1, -0.05) is 17.7 Å². The van der Waals surface area contributed by atoms with Gasteiger partial charge in [-0.15, -0.1) is 21.5 Å². The van der Waals surface area contributed by atoms with E-state index in [0.29, 0.717) is 22.2 Å². The molecule has 4 rings (SSSR count). The second kappa shape index (κ2) is 6.93. The Morgan fingerprint density at radius 2 is 2.23 bits per heavy atom. The third-order valence-corrected chi connectivity index (χ3v) is 4.84. The lowest BCUT2D eigenvalue weighted by atomic mass is 10.1. The number of thiophene rings is 1. The first-order valence-corrected chi connectivity index (χ1v) is 9.07. The Labute approximate surface area is 158 Å². The quantitative estimate of drug-likeness (QED) is 0.611. The van der Waals surface area contributed by atoms with Crippen LogP contribution in [-0.2, 0) is 9.53 Å². The Morgan fingerprint density at radius 1 is 1.35 bits per heavy atom. The summed E-state index contributed by atoms with van der Waals surface area (Å²) in [6.45, 7) is 1.81. The SMILES string of the molecule is CC(OC(=O)C1=Cc2cc(Cl)ccc2OC1)c1nnc(-c2cccs2)o1. The molecule has 132 valence electrons. The number of aromatic nitrogens is 2. The monoisotopic (exact) mass is 388 g/mol. The van der Waals surface area contributed by atoms with Crippen LogP contribution in [0.1, 0.15) is 24.5 Å². The number of carbonyl (C=O) groups is 1. The molecular formula is C18H13ClN2O4S. The van der Waals surface area contributed by atoms with E-state index in [4.69, 9.17) is 25.5 Å². The van der Waals surface area contributed by atoms with E-state index in [1.54, 1.807) is 31.2 Å². The first-order chi connectivity index (χ1) is 12.6. The molecule has 0 saturated heterocycles. The summed E-state index contributed by atoms with van der Waals surface area (Å²) in [6, 6.07) is 9.01. The average molecular weight is 389 g/mol. The minimum atomic E-state index is -0.676. The van der Waals surface area contributed by atoms with E-state index < -0.39 is 12.1 Å². The molecule has 3 heterocycles. The van der Waals surface area contributed by atoms with E-state index in [2.05, 4.69) is 10.2 Å². The largest absolute Gasteiger partial charge is 0.488 e. The summed E-state index contributed by atoms with van der Waals surface area (Å²) >= 11 is 7.48. The van der Waals surface area contributed by atoms with Crippen LogP contribution in [0.3, 0.4) is 0 Å². The summed E-state index contributed by atoms with van der Waals surface area (Å²) in [5.74, 6) is 0.819. The molecule has 2 aromatic heterocycles. The molecule has 0 radical (unpaired) electrons. The van der Waals surface area contributed by atoms with Crippen molar-refractivity contribution in [3.63, 3.8) is 0 Å². The number of hydrogen-bond acceptors (Lipinski definition) is 7. The zero-order valence-corrected chi connectivity index (χ0v) is 15.2.